The van der Waals surface area contributed by atoms with Crippen LogP contribution in [0.4, 0.5) is 18.0 Å². The average molecular weight is 567 g/mol. The molecule has 4 rings (SSSR count). The number of hydrogen-bond donors (Lipinski definition) is 2. The average Bonchev–Trinajstić information content (AvgIpc) is 3.08. The van der Waals surface area contributed by atoms with E-state index in [2.05, 4.69) is 5.32 Å². The summed E-state index contributed by atoms with van der Waals surface area (Å²) >= 11 is 1.67. The molecule has 33 heavy (non-hydrogen) atoms. The Morgan fingerprint density at radius 2 is 1.58 bits per heavy atom. The van der Waals surface area contributed by atoms with Gasteiger partial charge in [-0.25, -0.2) is 9.59 Å². The molecule has 1 aliphatic rings. The highest BCUT2D eigenvalue weighted by Crippen LogP contribution is 2.44. The number of halogens is 4. The van der Waals surface area contributed by atoms with Crippen LogP contribution in [0.2, 0.25) is 0 Å². The number of alkyl halides is 3. The fourth-order valence-corrected chi connectivity index (χ4v) is 4.68. The number of fused-ring (bicyclic) bond motifs is 3. The first kappa shape index (κ1) is 23.1. The Balaban J connectivity index is 1.52. The normalized spacial score (nSPS) is 13.7. The highest BCUT2D eigenvalue weighted by molar-refractivity contribution is 14.1. The first-order valence-corrected chi connectivity index (χ1v) is 10.9. The van der Waals surface area contributed by atoms with Crippen LogP contribution in [-0.2, 0) is 15.7 Å². The van der Waals surface area contributed by atoms with Gasteiger partial charge in [-0.3, -0.25) is 0 Å². The molecule has 2 N–H and O–H groups in total. The van der Waals surface area contributed by atoms with Gasteiger partial charge in [0.1, 0.15) is 6.61 Å². The zero-order valence-corrected chi connectivity index (χ0v) is 19.1. The van der Waals surface area contributed by atoms with Crippen molar-refractivity contribution in [2.75, 3.05) is 6.61 Å². The van der Waals surface area contributed by atoms with Gasteiger partial charge in [0.2, 0.25) is 0 Å². The fraction of sp³-hybridized carbons (Fsp3) is 0.167. The lowest BCUT2D eigenvalue weighted by molar-refractivity contribution is -0.140. The Morgan fingerprint density at radius 1 is 1.00 bits per heavy atom. The highest BCUT2D eigenvalue weighted by atomic mass is 127. The summed E-state index contributed by atoms with van der Waals surface area (Å²) in [7, 11) is 0. The van der Waals surface area contributed by atoms with Crippen LogP contribution in [0.15, 0.2) is 66.7 Å². The van der Waals surface area contributed by atoms with Gasteiger partial charge >= 0.3 is 18.2 Å². The quantitative estimate of drug-likeness (QED) is 0.373. The molecule has 170 valence electrons. The lowest BCUT2D eigenvalue weighted by atomic mass is 9.98. The summed E-state index contributed by atoms with van der Waals surface area (Å²) < 4.78 is 45.0. The number of carbonyl (C=O) groups excluding carboxylic acids is 1. The van der Waals surface area contributed by atoms with E-state index in [1.54, 1.807) is 22.6 Å². The summed E-state index contributed by atoms with van der Waals surface area (Å²) in [6.45, 7) is -0.0493. The standard InChI is InChI=1S/C24H17F3INO4/c25-24(26,27)14-9-13(10-15(28)11-14)21(22(30)31)29-23(32)33-12-20-18-7-3-1-5-16(18)17-6-2-4-8-19(17)20/h1-11,20-21H,12H2,(H,29,32)(H,30,31). The van der Waals surface area contributed by atoms with Gasteiger partial charge in [0.05, 0.1) is 5.56 Å². The topological polar surface area (TPSA) is 75.6 Å². The predicted octanol–water partition coefficient (Wildman–Crippen LogP) is 5.97. The molecular formula is C24H17F3INO4. The molecule has 3 aromatic rings. The van der Waals surface area contributed by atoms with E-state index in [0.717, 1.165) is 28.3 Å². The van der Waals surface area contributed by atoms with Crippen molar-refractivity contribution in [1.82, 2.24) is 5.32 Å². The van der Waals surface area contributed by atoms with E-state index in [1.165, 1.54) is 6.07 Å². The SMILES string of the molecule is O=C(NC(C(=O)O)c1cc(I)cc(C(F)(F)F)c1)OCC1c2ccccc2-c2ccccc21. The molecule has 0 fully saturated rings. The largest absolute Gasteiger partial charge is 0.479 e. The lowest BCUT2D eigenvalue weighted by Crippen LogP contribution is -2.35. The zero-order valence-electron chi connectivity index (χ0n) is 16.9. The van der Waals surface area contributed by atoms with Crippen LogP contribution in [0.1, 0.15) is 34.2 Å². The molecule has 0 saturated carbocycles. The number of alkyl carbamates (subject to hydrolysis) is 1. The van der Waals surface area contributed by atoms with Crippen molar-refractivity contribution in [3.05, 3.63) is 92.6 Å². The first-order valence-electron chi connectivity index (χ1n) is 9.87. The molecule has 0 bridgehead atoms. The van der Waals surface area contributed by atoms with Gasteiger partial charge in [0.25, 0.3) is 0 Å². The maximum absolute atomic E-state index is 13.1. The number of carboxylic acids is 1. The van der Waals surface area contributed by atoms with E-state index in [1.807, 2.05) is 48.5 Å². The van der Waals surface area contributed by atoms with Crippen LogP contribution in [0.3, 0.4) is 0 Å². The summed E-state index contributed by atoms with van der Waals surface area (Å²) in [4.78, 5) is 24.2. The molecule has 1 aliphatic carbocycles. The Bertz CT molecular complexity index is 1180. The molecule has 0 spiro atoms. The second kappa shape index (κ2) is 9.05. The fourth-order valence-electron chi connectivity index (χ4n) is 3.99. The second-order valence-electron chi connectivity index (χ2n) is 7.51. The number of carboxylic acid groups (broad SMARTS) is 1. The minimum absolute atomic E-state index is 0.0493. The van der Waals surface area contributed by atoms with Gasteiger partial charge in [0, 0.05) is 9.49 Å². The van der Waals surface area contributed by atoms with Crippen molar-refractivity contribution in [2.45, 2.75) is 18.1 Å². The maximum Gasteiger partial charge on any atom is 0.416 e. The second-order valence-corrected chi connectivity index (χ2v) is 8.76. The van der Waals surface area contributed by atoms with Crippen LogP contribution < -0.4 is 5.32 Å². The smallest absolute Gasteiger partial charge is 0.416 e. The van der Waals surface area contributed by atoms with Crippen molar-refractivity contribution in [2.24, 2.45) is 0 Å². The van der Waals surface area contributed by atoms with Gasteiger partial charge in [-0.2, -0.15) is 13.2 Å². The molecule has 9 heteroatoms. The molecular weight excluding hydrogens is 550 g/mol. The van der Waals surface area contributed by atoms with Gasteiger partial charge in [-0.15, -0.1) is 0 Å². The first-order chi connectivity index (χ1) is 15.6. The van der Waals surface area contributed by atoms with Crippen molar-refractivity contribution < 1.29 is 32.6 Å². The van der Waals surface area contributed by atoms with Gasteiger partial charge in [-0.1, -0.05) is 48.5 Å². The predicted molar refractivity (Wildman–Crippen MR) is 123 cm³/mol. The highest BCUT2D eigenvalue weighted by Gasteiger charge is 2.34. The third kappa shape index (κ3) is 4.82. The number of benzene rings is 3. The molecule has 0 heterocycles. The number of ether oxygens (including phenoxy) is 1. The van der Waals surface area contributed by atoms with E-state index in [-0.39, 0.29) is 21.7 Å². The summed E-state index contributed by atoms with van der Waals surface area (Å²) in [5.41, 5.74) is 2.83. The molecule has 1 unspecified atom stereocenters. The van der Waals surface area contributed by atoms with Crippen LogP contribution >= 0.6 is 22.6 Å². The minimum Gasteiger partial charge on any atom is -0.479 e. The molecule has 1 atom stereocenters. The van der Waals surface area contributed by atoms with Gasteiger partial charge in [-0.05, 0) is 68.6 Å². The van der Waals surface area contributed by atoms with Gasteiger partial charge in [0.15, 0.2) is 6.04 Å². The third-order valence-corrected chi connectivity index (χ3v) is 6.06. The Morgan fingerprint density at radius 3 is 2.12 bits per heavy atom. The molecule has 1 amide bonds. The van der Waals surface area contributed by atoms with Crippen molar-refractivity contribution in [3.63, 3.8) is 0 Å². The number of nitrogens with one attached hydrogen (secondary N) is 1. The van der Waals surface area contributed by atoms with Crippen LogP contribution in [0.25, 0.3) is 11.1 Å². The molecule has 0 radical (unpaired) electrons. The lowest BCUT2D eigenvalue weighted by Gasteiger charge is -2.19. The van der Waals surface area contributed by atoms with E-state index < -0.39 is 29.8 Å². The molecule has 0 aliphatic heterocycles. The van der Waals surface area contributed by atoms with Crippen molar-refractivity contribution >= 4 is 34.7 Å². The molecule has 0 saturated heterocycles. The third-order valence-electron chi connectivity index (χ3n) is 5.43. The van der Waals surface area contributed by atoms with Gasteiger partial charge < -0.3 is 15.2 Å². The minimum atomic E-state index is -4.65. The maximum atomic E-state index is 13.1. The van der Waals surface area contributed by atoms with E-state index in [9.17, 15) is 27.9 Å². The number of aliphatic carboxylic acids is 1. The number of rotatable bonds is 5. The number of hydrogen-bond acceptors (Lipinski definition) is 3. The summed E-state index contributed by atoms with van der Waals surface area (Å²) in [6, 6.07) is 16.6. The molecule has 0 aromatic heterocycles. The molecule has 5 nitrogen and oxygen atoms in total. The summed E-state index contributed by atoms with van der Waals surface area (Å²) in [5, 5.41) is 11.7. The Labute approximate surface area is 200 Å². The monoisotopic (exact) mass is 567 g/mol. The van der Waals surface area contributed by atoms with Crippen LogP contribution in [-0.4, -0.2) is 23.8 Å². The van der Waals surface area contributed by atoms with Crippen molar-refractivity contribution in [3.8, 4) is 11.1 Å². The summed E-state index contributed by atoms with van der Waals surface area (Å²) in [5.74, 6) is -1.74. The number of carbonyl (C=O) groups is 2. The Hall–Kier alpha value is -3.08. The van der Waals surface area contributed by atoms with E-state index in [4.69, 9.17) is 4.74 Å². The summed E-state index contributed by atoms with van der Waals surface area (Å²) in [6.07, 6.45) is -5.68. The van der Waals surface area contributed by atoms with Crippen molar-refractivity contribution in [1.29, 1.82) is 0 Å². The van der Waals surface area contributed by atoms with E-state index >= 15 is 0 Å². The van der Waals surface area contributed by atoms with E-state index in [0.29, 0.717) is 6.07 Å². The zero-order chi connectivity index (χ0) is 23.8. The molecule has 3 aromatic carbocycles. The number of amides is 1. The van der Waals surface area contributed by atoms with Crippen LogP contribution in [0.5, 0.6) is 0 Å². The van der Waals surface area contributed by atoms with Crippen LogP contribution in [0, 0.1) is 3.57 Å². The Kier molecular flexibility index (Phi) is 6.33.